The van der Waals surface area contributed by atoms with Crippen molar-refractivity contribution >= 4 is 15.8 Å². The highest BCUT2D eigenvalue weighted by molar-refractivity contribution is 7.91. The summed E-state index contributed by atoms with van der Waals surface area (Å²) in [5.74, 6) is -0.224. The first-order valence-corrected chi connectivity index (χ1v) is 9.07. The number of carbonyl (C=O) groups excluding carboxylic acids is 1. The molecule has 0 saturated heterocycles. The topological polar surface area (TPSA) is 91.2 Å². The Labute approximate surface area is 125 Å². The molecule has 0 fully saturated rings. The fourth-order valence-electron chi connectivity index (χ4n) is 1.93. The Morgan fingerprint density at radius 1 is 1.29 bits per heavy atom. The largest absolute Gasteiger partial charge is 0.461 e. The van der Waals surface area contributed by atoms with Gasteiger partial charge in [-0.3, -0.25) is 0 Å². The molecule has 1 heterocycles. The zero-order valence-corrected chi connectivity index (χ0v) is 13.6. The third kappa shape index (κ3) is 5.11. The lowest BCUT2D eigenvalue weighted by Crippen LogP contribution is -2.14. The van der Waals surface area contributed by atoms with Crippen molar-refractivity contribution in [1.29, 1.82) is 0 Å². The Morgan fingerprint density at radius 3 is 2.57 bits per heavy atom. The molecule has 0 bridgehead atoms. The number of sulfone groups is 1. The van der Waals surface area contributed by atoms with Crippen molar-refractivity contribution in [3.8, 4) is 0 Å². The quantitative estimate of drug-likeness (QED) is 0.636. The summed E-state index contributed by atoms with van der Waals surface area (Å²) < 4.78 is 29.5. The zero-order chi connectivity index (χ0) is 15.9. The minimum atomic E-state index is -2.99. The number of hydrogen-bond donors (Lipinski definition) is 0. The molecule has 8 heteroatoms. The lowest BCUT2D eigenvalue weighted by molar-refractivity contribution is 0.0518. The van der Waals surface area contributed by atoms with Crippen LogP contribution in [0.3, 0.4) is 0 Å². The van der Waals surface area contributed by atoms with E-state index in [9.17, 15) is 13.2 Å². The molecule has 21 heavy (non-hydrogen) atoms. The van der Waals surface area contributed by atoms with Crippen LogP contribution in [0, 0.1) is 0 Å². The molecule has 0 atom stereocenters. The molecule has 0 aliphatic rings. The Morgan fingerprint density at radius 2 is 2.00 bits per heavy atom. The van der Waals surface area contributed by atoms with Crippen molar-refractivity contribution in [2.45, 2.75) is 46.6 Å². The van der Waals surface area contributed by atoms with E-state index in [2.05, 4.69) is 10.3 Å². The van der Waals surface area contributed by atoms with E-state index in [0.717, 1.165) is 6.42 Å². The van der Waals surface area contributed by atoms with Crippen LogP contribution in [0.2, 0.25) is 0 Å². The molecule has 120 valence electrons. The maximum atomic E-state index is 11.8. The zero-order valence-electron chi connectivity index (χ0n) is 12.8. The first-order valence-electron chi connectivity index (χ1n) is 7.25. The van der Waals surface area contributed by atoms with Gasteiger partial charge in [-0.25, -0.2) is 17.9 Å². The summed E-state index contributed by atoms with van der Waals surface area (Å²) in [6.07, 6.45) is 1.95. The summed E-state index contributed by atoms with van der Waals surface area (Å²) in [6.45, 7) is 6.07. The van der Waals surface area contributed by atoms with E-state index in [1.807, 2.05) is 6.92 Å². The van der Waals surface area contributed by atoms with Crippen molar-refractivity contribution in [2.75, 3.05) is 18.1 Å². The van der Waals surface area contributed by atoms with Crippen LogP contribution in [-0.4, -0.2) is 47.5 Å². The van der Waals surface area contributed by atoms with Crippen LogP contribution in [0.15, 0.2) is 0 Å². The number of aryl methyl sites for hydroxylation is 1. The summed E-state index contributed by atoms with van der Waals surface area (Å²) in [5.41, 5.74) is 0.946. The molecule has 0 spiro atoms. The monoisotopic (exact) mass is 317 g/mol. The molecule has 7 nitrogen and oxygen atoms in total. The average molecular weight is 317 g/mol. The van der Waals surface area contributed by atoms with Crippen LogP contribution in [0.25, 0.3) is 0 Å². The fraction of sp³-hybridized carbons (Fsp3) is 0.769. The standard InChI is InChI=1S/C13H23N3O4S/c1-4-8-11-12(13(17)20-5-2)14-15-16(11)9-7-10-21(18,19)6-3/h4-10H2,1-3H3. The smallest absolute Gasteiger partial charge is 0.360 e. The number of esters is 1. The molecule has 0 aliphatic heterocycles. The van der Waals surface area contributed by atoms with Crippen molar-refractivity contribution in [3.05, 3.63) is 11.4 Å². The van der Waals surface area contributed by atoms with Crippen molar-refractivity contribution in [1.82, 2.24) is 15.0 Å². The van der Waals surface area contributed by atoms with Crippen LogP contribution >= 0.6 is 0 Å². The lowest BCUT2D eigenvalue weighted by atomic mass is 10.2. The third-order valence-electron chi connectivity index (χ3n) is 3.06. The second kappa shape index (κ2) is 8.11. The Kier molecular flexibility index (Phi) is 6.80. The molecule has 1 rings (SSSR count). The minimum Gasteiger partial charge on any atom is -0.461 e. The molecule has 0 saturated carbocycles. The molecular weight excluding hydrogens is 294 g/mol. The Balaban J connectivity index is 2.80. The van der Waals surface area contributed by atoms with Crippen LogP contribution in [-0.2, 0) is 27.5 Å². The van der Waals surface area contributed by atoms with E-state index in [1.165, 1.54) is 0 Å². The van der Waals surface area contributed by atoms with Crippen LogP contribution in [0.5, 0.6) is 0 Å². The van der Waals surface area contributed by atoms with Gasteiger partial charge in [0.1, 0.15) is 9.84 Å². The van der Waals surface area contributed by atoms with Gasteiger partial charge >= 0.3 is 5.97 Å². The van der Waals surface area contributed by atoms with E-state index in [-0.39, 0.29) is 23.8 Å². The third-order valence-corrected chi connectivity index (χ3v) is 4.85. The normalized spacial score (nSPS) is 11.6. The number of hydrogen-bond acceptors (Lipinski definition) is 6. The van der Waals surface area contributed by atoms with E-state index in [4.69, 9.17) is 4.74 Å². The Hall–Kier alpha value is -1.44. The first kappa shape index (κ1) is 17.6. The number of nitrogens with zero attached hydrogens (tertiary/aromatic N) is 3. The van der Waals surface area contributed by atoms with Gasteiger partial charge in [0.25, 0.3) is 0 Å². The van der Waals surface area contributed by atoms with Crippen molar-refractivity contribution in [3.63, 3.8) is 0 Å². The van der Waals surface area contributed by atoms with Gasteiger partial charge in [0.2, 0.25) is 0 Å². The molecule has 0 aliphatic carbocycles. The van der Waals surface area contributed by atoms with E-state index in [1.54, 1.807) is 18.5 Å². The van der Waals surface area contributed by atoms with Gasteiger partial charge in [-0.15, -0.1) is 5.10 Å². The molecule has 1 aromatic heterocycles. The van der Waals surface area contributed by atoms with Crippen molar-refractivity contribution in [2.24, 2.45) is 0 Å². The SMILES string of the molecule is CCCc1c(C(=O)OCC)nnn1CCCS(=O)(=O)CC. The summed E-state index contributed by atoms with van der Waals surface area (Å²) in [4.78, 5) is 11.8. The van der Waals surface area contributed by atoms with Gasteiger partial charge in [-0.05, 0) is 19.8 Å². The molecule has 1 aromatic rings. The average Bonchev–Trinajstić information content (AvgIpc) is 2.83. The highest BCUT2D eigenvalue weighted by Crippen LogP contribution is 2.11. The van der Waals surface area contributed by atoms with E-state index in [0.29, 0.717) is 25.1 Å². The van der Waals surface area contributed by atoms with E-state index >= 15 is 0 Å². The first-order chi connectivity index (χ1) is 9.95. The number of carbonyl (C=O) groups is 1. The van der Waals surface area contributed by atoms with Crippen LogP contribution in [0.4, 0.5) is 0 Å². The predicted molar refractivity (Wildman–Crippen MR) is 78.9 cm³/mol. The summed E-state index contributed by atoms with van der Waals surface area (Å²) in [7, 11) is -2.99. The molecule has 0 aromatic carbocycles. The van der Waals surface area contributed by atoms with Gasteiger partial charge in [0.15, 0.2) is 5.69 Å². The molecular formula is C13H23N3O4S. The summed E-state index contributed by atoms with van der Waals surface area (Å²) in [6, 6.07) is 0. The van der Waals surface area contributed by atoms with Gasteiger partial charge in [0.05, 0.1) is 18.1 Å². The van der Waals surface area contributed by atoms with Gasteiger partial charge in [-0.2, -0.15) is 0 Å². The summed E-state index contributed by atoms with van der Waals surface area (Å²) in [5, 5.41) is 7.83. The lowest BCUT2D eigenvalue weighted by Gasteiger charge is -2.07. The molecule has 0 N–H and O–H groups in total. The second-order valence-electron chi connectivity index (χ2n) is 4.67. The predicted octanol–water partition coefficient (Wildman–Crippen LogP) is 1.23. The number of rotatable bonds is 9. The molecule has 0 amide bonds. The minimum absolute atomic E-state index is 0.115. The highest BCUT2D eigenvalue weighted by atomic mass is 32.2. The van der Waals surface area contributed by atoms with E-state index < -0.39 is 15.8 Å². The van der Waals surface area contributed by atoms with Crippen LogP contribution < -0.4 is 0 Å². The van der Waals surface area contributed by atoms with Gasteiger partial charge in [0, 0.05) is 12.3 Å². The summed E-state index contributed by atoms with van der Waals surface area (Å²) >= 11 is 0. The van der Waals surface area contributed by atoms with Crippen molar-refractivity contribution < 1.29 is 17.9 Å². The van der Waals surface area contributed by atoms with Gasteiger partial charge in [-0.1, -0.05) is 25.5 Å². The van der Waals surface area contributed by atoms with Gasteiger partial charge < -0.3 is 4.74 Å². The Bertz CT molecular complexity index is 566. The number of aromatic nitrogens is 3. The maximum absolute atomic E-state index is 11.8. The molecule has 0 unspecified atom stereocenters. The maximum Gasteiger partial charge on any atom is 0.360 e. The second-order valence-corrected chi connectivity index (χ2v) is 7.14. The fourth-order valence-corrected chi connectivity index (χ4v) is 2.79. The number of ether oxygens (including phenoxy) is 1. The highest BCUT2D eigenvalue weighted by Gasteiger charge is 2.20. The molecule has 0 radical (unpaired) electrons. The van der Waals surface area contributed by atoms with Crippen LogP contribution in [0.1, 0.15) is 49.8 Å².